The molecule has 1 aliphatic heterocycles. The van der Waals surface area contributed by atoms with Crippen molar-refractivity contribution in [2.75, 3.05) is 5.32 Å². The average Bonchev–Trinajstić information content (AvgIpc) is 2.78. The molecule has 0 saturated carbocycles. The second-order valence-electron chi connectivity index (χ2n) is 5.39. The largest absolute Gasteiger partial charge is 0.375 e. The number of ketones is 1. The Hall–Kier alpha value is -2.24. The number of carbonyl (C=O) groups excluding carboxylic acids is 2. The molecule has 0 radical (unpaired) electrons. The number of benzene rings is 2. The van der Waals surface area contributed by atoms with Crippen molar-refractivity contribution in [1.82, 2.24) is 0 Å². The smallest absolute Gasteiger partial charge is 0.261 e. The van der Waals surface area contributed by atoms with Crippen molar-refractivity contribution in [3.05, 3.63) is 70.2 Å². The average molecular weight is 372 g/mol. The number of hydrogen-bond donors (Lipinski definition) is 2. The molecule has 1 atom stereocenters. The molecule has 2 aromatic rings. The molecule has 5 heteroatoms. The quantitative estimate of drug-likeness (QED) is 0.810. The molecule has 2 N–H and O–H groups in total. The van der Waals surface area contributed by atoms with E-state index in [2.05, 4.69) is 21.2 Å². The maximum absolute atomic E-state index is 12.2. The molecule has 1 amide bonds. The van der Waals surface area contributed by atoms with Gasteiger partial charge in [0.2, 0.25) is 0 Å². The molecule has 23 heavy (non-hydrogen) atoms. The minimum absolute atomic E-state index is 0.300. The van der Waals surface area contributed by atoms with Gasteiger partial charge in [-0.05, 0) is 29.8 Å². The summed E-state index contributed by atoms with van der Waals surface area (Å²) >= 11 is 3.31. The summed E-state index contributed by atoms with van der Waals surface area (Å²) in [6.07, 6.45) is 2.75. The zero-order chi connectivity index (χ0) is 16.4. The summed E-state index contributed by atoms with van der Waals surface area (Å²) in [5.41, 5.74) is -0.0113. The number of hydrogen-bond acceptors (Lipinski definition) is 3. The topological polar surface area (TPSA) is 66.4 Å². The van der Waals surface area contributed by atoms with Gasteiger partial charge in [-0.3, -0.25) is 9.59 Å². The Bertz CT molecular complexity index is 801. The van der Waals surface area contributed by atoms with Crippen LogP contribution in [0.2, 0.25) is 0 Å². The predicted molar refractivity (Wildman–Crippen MR) is 91.8 cm³/mol. The van der Waals surface area contributed by atoms with E-state index in [9.17, 15) is 14.7 Å². The third kappa shape index (κ3) is 3.11. The molecule has 0 saturated heterocycles. The number of rotatable bonds is 4. The highest BCUT2D eigenvalue weighted by Gasteiger charge is 2.46. The van der Waals surface area contributed by atoms with Gasteiger partial charge in [0, 0.05) is 15.7 Å². The van der Waals surface area contributed by atoms with Crippen LogP contribution in [0, 0.1) is 0 Å². The van der Waals surface area contributed by atoms with Gasteiger partial charge in [0.1, 0.15) is 0 Å². The van der Waals surface area contributed by atoms with Crippen LogP contribution in [0.5, 0.6) is 0 Å². The molecule has 0 aliphatic carbocycles. The lowest BCUT2D eigenvalue weighted by Gasteiger charge is -2.19. The molecule has 4 nitrogen and oxygen atoms in total. The Morgan fingerprint density at radius 3 is 2.70 bits per heavy atom. The third-order valence-corrected chi connectivity index (χ3v) is 4.24. The molecule has 116 valence electrons. The molecule has 3 rings (SSSR count). The van der Waals surface area contributed by atoms with Crippen LogP contribution in [0.15, 0.2) is 59.1 Å². The first kappa shape index (κ1) is 15.6. The van der Waals surface area contributed by atoms with Gasteiger partial charge in [-0.25, -0.2) is 0 Å². The zero-order valence-corrected chi connectivity index (χ0v) is 13.7. The molecular weight excluding hydrogens is 358 g/mol. The fraction of sp³-hybridized carbons (Fsp3) is 0.111. The van der Waals surface area contributed by atoms with Gasteiger partial charge in [0.25, 0.3) is 5.91 Å². The fourth-order valence-electron chi connectivity index (χ4n) is 2.56. The SMILES string of the molecule is O=C(C=Cc1ccccc1)CC1(O)C(=O)Nc2ccc(Br)cc21. The molecular formula is C18H14BrNO3. The molecule has 1 aliphatic rings. The number of nitrogens with one attached hydrogen (secondary N) is 1. The lowest BCUT2D eigenvalue weighted by atomic mass is 9.90. The number of carbonyl (C=O) groups is 2. The number of aliphatic hydroxyl groups is 1. The van der Waals surface area contributed by atoms with Gasteiger partial charge in [0.05, 0.1) is 6.42 Å². The van der Waals surface area contributed by atoms with Gasteiger partial charge < -0.3 is 10.4 Å². The third-order valence-electron chi connectivity index (χ3n) is 3.74. The molecule has 1 unspecified atom stereocenters. The Labute approximate surface area is 142 Å². The highest BCUT2D eigenvalue weighted by Crippen LogP contribution is 2.39. The number of amides is 1. The zero-order valence-electron chi connectivity index (χ0n) is 12.1. The van der Waals surface area contributed by atoms with Crippen LogP contribution < -0.4 is 5.32 Å². The summed E-state index contributed by atoms with van der Waals surface area (Å²) in [6, 6.07) is 14.5. The van der Waals surface area contributed by atoms with Crippen molar-refractivity contribution >= 4 is 39.4 Å². The van der Waals surface area contributed by atoms with Crippen LogP contribution in [0.1, 0.15) is 17.5 Å². The van der Waals surface area contributed by atoms with E-state index in [0.717, 1.165) is 10.0 Å². The molecule has 0 fully saturated rings. The van der Waals surface area contributed by atoms with Gasteiger partial charge in [0.15, 0.2) is 11.4 Å². The van der Waals surface area contributed by atoms with Gasteiger partial charge >= 0.3 is 0 Å². The predicted octanol–water partition coefficient (Wildman–Crippen LogP) is 3.26. The lowest BCUT2D eigenvalue weighted by molar-refractivity contribution is -0.138. The Morgan fingerprint density at radius 1 is 1.22 bits per heavy atom. The number of allylic oxidation sites excluding steroid dienone is 1. The normalized spacial score (nSPS) is 19.7. The van der Waals surface area contributed by atoms with E-state index in [1.54, 1.807) is 24.3 Å². The van der Waals surface area contributed by atoms with Crippen LogP contribution in [-0.2, 0) is 15.2 Å². The van der Waals surface area contributed by atoms with E-state index in [4.69, 9.17) is 0 Å². The Morgan fingerprint density at radius 2 is 1.96 bits per heavy atom. The van der Waals surface area contributed by atoms with Gasteiger partial charge in [-0.1, -0.05) is 52.3 Å². The van der Waals surface area contributed by atoms with Crippen LogP contribution in [0.4, 0.5) is 5.69 Å². The minimum Gasteiger partial charge on any atom is -0.375 e. The van der Waals surface area contributed by atoms with E-state index >= 15 is 0 Å². The molecule has 0 bridgehead atoms. The standard InChI is InChI=1S/C18H14BrNO3/c19-13-7-9-16-15(10-13)18(23,17(22)20-16)11-14(21)8-6-12-4-2-1-3-5-12/h1-10,23H,11H2,(H,20,22). The van der Waals surface area contributed by atoms with Crippen molar-refractivity contribution in [3.63, 3.8) is 0 Å². The van der Waals surface area contributed by atoms with Crippen LogP contribution in [0.25, 0.3) is 6.08 Å². The Balaban J connectivity index is 1.82. The monoisotopic (exact) mass is 371 g/mol. The van der Waals surface area contributed by atoms with E-state index < -0.39 is 11.5 Å². The summed E-state index contributed by atoms with van der Waals surface area (Å²) < 4.78 is 0.735. The Kier molecular flexibility index (Phi) is 4.15. The van der Waals surface area contributed by atoms with E-state index in [1.807, 2.05) is 30.3 Å². The van der Waals surface area contributed by atoms with Crippen molar-refractivity contribution in [1.29, 1.82) is 0 Å². The maximum atomic E-state index is 12.2. The first-order chi connectivity index (χ1) is 11.0. The second-order valence-corrected chi connectivity index (χ2v) is 6.31. The first-order valence-corrected chi connectivity index (χ1v) is 7.88. The summed E-state index contributed by atoms with van der Waals surface area (Å²) in [7, 11) is 0. The summed E-state index contributed by atoms with van der Waals surface area (Å²) in [4.78, 5) is 24.3. The summed E-state index contributed by atoms with van der Waals surface area (Å²) in [6.45, 7) is 0. The van der Waals surface area contributed by atoms with Crippen molar-refractivity contribution < 1.29 is 14.7 Å². The van der Waals surface area contributed by atoms with Crippen molar-refractivity contribution in [2.45, 2.75) is 12.0 Å². The molecule has 0 spiro atoms. The second kappa shape index (κ2) is 6.10. The van der Waals surface area contributed by atoms with Gasteiger partial charge in [-0.2, -0.15) is 0 Å². The van der Waals surface area contributed by atoms with Crippen LogP contribution in [0.3, 0.4) is 0 Å². The molecule has 0 aromatic heterocycles. The van der Waals surface area contributed by atoms with Crippen molar-refractivity contribution in [3.8, 4) is 0 Å². The van der Waals surface area contributed by atoms with Gasteiger partial charge in [-0.15, -0.1) is 0 Å². The van der Waals surface area contributed by atoms with Crippen LogP contribution in [-0.4, -0.2) is 16.8 Å². The van der Waals surface area contributed by atoms with E-state index in [0.29, 0.717) is 11.3 Å². The van der Waals surface area contributed by atoms with Crippen LogP contribution >= 0.6 is 15.9 Å². The lowest BCUT2D eigenvalue weighted by Crippen LogP contribution is -2.36. The number of halogens is 1. The molecule has 2 aromatic carbocycles. The van der Waals surface area contributed by atoms with E-state index in [-0.39, 0.29) is 12.2 Å². The highest BCUT2D eigenvalue weighted by molar-refractivity contribution is 9.10. The fourth-order valence-corrected chi connectivity index (χ4v) is 2.92. The minimum atomic E-state index is -1.84. The van der Waals surface area contributed by atoms with Crippen molar-refractivity contribution in [2.24, 2.45) is 0 Å². The number of anilines is 1. The van der Waals surface area contributed by atoms with E-state index in [1.165, 1.54) is 6.08 Å². The summed E-state index contributed by atoms with van der Waals surface area (Å²) in [5.74, 6) is -0.897. The molecule has 1 heterocycles. The maximum Gasteiger partial charge on any atom is 0.261 e. The highest BCUT2D eigenvalue weighted by atomic mass is 79.9. The summed E-state index contributed by atoms with van der Waals surface area (Å²) in [5, 5.41) is 13.3. The number of fused-ring (bicyclic) bond motifs is 1. The first-order valence-electron chi connectivity index (χ1n) is 7.09.